The van der Waals surface area contributed by atoms with Crippen molar-refractivity contribution in [3.05, 3.63) is 126 Å². The Morgan fingerprint density at radius 2 is 1.15 bits per heavy atom. The van der Waals surface area contributed by atoms with Gasteiger partial charge >= 0.3 is 0 Å². The van der Waals surface area contributed by atoms with Gasteiger partial charge in [-0.15, -0.1) is 0 Å². The van der Waals surface area contributed by atoms with E-state index in [0.29, 0.717) is 0 Å². The Bertz CT molecular complexity index is 1490. The number of carbonyl (C=O) groups is 1. The van der Waals surface area contributed by atoms with Crippen molar-refractivity contribution in [2.75, 3.05) is 4.90 Å². The summed E-state index contributed by atoms with van der Waals surface area (Å²) in [6.07, 6.45) is 0.786. The second-order valence-electron chi connectivity index (χ2n) is 8.87. The molecule has 0 spiro atoms. The molecular weight excluding hydrogens is 414 g/mol. The summed E-state index contributed by atoms with van der Waals surface area (Å²) in [5.74, 6) is 0.0734. The van der Waals surface area contributed by atoms with Gasteiger partial charge in [0.15, 0.2) is 0 Å². The first kappa shape index (κ1) is 20.4. The minimum atomic E-state index is -0.0226. The molecule has 0 fully saturated rings. The molecule has 0 N–H and O–H groups in total. The highest BCUT2D eigenvalue weighted by molar-refractivity contribution is 6.16. The fourth-order valence-electron chi connectivity index (χ4n) is 5.54. The Labute approximate surface area is 200 Å². The van der Waals surface area contributed by atoms with E-state index in [9.17, 15) is 4.79 Å². The van der Waals surface area contributed by atoms with Crippen LogP contribution in [0.4, 0.5) is 5.69 Å². The zero-order valence-corrected chi connectivity index (χ0v) is 19.1. The van der Waals surface area contributed by atoms with E-state index in [2.05, 4.69) is 109 Å². The molecule has 2 nitrogen and oxygen atoms in total. The normalized spacial score (nSPS) is 14.9. The molecule has 1 aliphatic heterocycles. The maximum atomic E-state index is 13.2. The van der Waals surface area contributed by atoms with Crippen molar-refractivity contribution >= 4 is 22.4 Å². The van der Waals surface area contributed by atoms with E-state index >= 15 is 0 Å². The largest absolute Gasteiger partial charge is 0.304 e. The Balaban J connectivity index is 1.75. The Hall–Kier alpha value is -4.17. The third-order valence-corrected chi connectivity index (χ3v) is 6.89. The summed E-state index contributed by atoms with van der Waals surface area (Å²) in [4.78, 5) is 15.2. The first-order valence-corrected chi connectivity index (χ1v) is 11.8. The van der Waals surface area contributed by atoms with Gasteiger partial charge in [-0.25, -0.2) is 0 Å². The van der Waals surface area contributed by atoms with Crippen LogP contribution in [0.5, 0.6) is 0 Å². The molecule has 0 aromatic heterocycles. The number of anilines is 1. The van der Waals surface area contributed by atoms with Gasteiger partial charge in [0.05, 0.1) is 11.7 Å². The number of rotatable bonds is 3. The van der Waals surface area contributed by atoms with Crippen LogP contribution in [0.25, 0.3) is 33.0 Å². The molecular formula is C32H25NO. The van der Waals surface area contributed by atoms with Crippen LogP contribution in [0.1, 0.15) is 24.1 Å². The average molecular weight is 440 g/mol. The van der Waals surface area contributed by atoms with E-state index < -0.39 is 0 Å². The van der Waals surface area contributed by atoms with Crippen LogP contribution in [0, 0.1) is 0 Å². The minimum Gasteiger partial charge on any atom is -0.304 e. The molecule has 0 aliphatic carbocycles. The topological polar surface area (TPSA) is 20.3 Å². The van der Waals surface area contributed by atoms with Gasteiger partial charge in [0.25, 0.3) is 0 Å². The summed E-state index contributed by atoms with van der Waals surface area (Å²) in [5.41, 5.74) is 8.29. The van der Waals surface area contributed by atoms with Gasteiger partial charge in [-0.3, -0.25) is 4.79 Å². The number of benzene rings is 5. The van der Waals surface area contributed by atoms with Crippen LogP contribution in [0.3, 0.4) is 0 Å². The highest BCUT2D eigenvalue weighted by Crippen LogP contribution is 2.53. The van der Waals surface area contributed by atoms with Crippen molar-refractivity contribution in [1.82, 2.24) is 0 Å². The minimum absolute atomic E-state index is 0.0226. The molecule has 34 heavy (non-hydrogen) atoms. The fourth-order valence-corrected chi connectivity index (χ4v) is 5.54. The van der Waals surface area contributed by atoms with Crippen molar-refractivity contribution in [1.29, 1.82) is 0 Å². The molecule has 164 valence electrons. The summed E-state index contributed by atoms with van der Waals surface area (Å²) in [7, 11) is 0. The maximum Gasteiger partial charge on any atom is 0.224 e. The first-order valence-electron chi connectivity index (χ1n) is 11.8. The number of nitrogens with zero attached hydrogens (tertiary/aromatic N) is 1. The highest BCUT2D eigenvalue weighted by Gasteiger charge is 2.37. The van der Waals surface area contributed by atoms with Crippen LogP contribution in [-0.2, 0) is 11.2 Å². The number of fused-ring (bicyclic) bond motifs is 3. The number of hydrogen-bond acceptors (Lipinski definition) is 1. The lowest BCUT2D eigenvalue weighted by molar-refractivity contribution is -0.116. The van der Waals surface area contributed by atoms with Gasteiger partial charge in [0.2, 0.25) is 5.91 Å². The lowest BCUT2D eigenvalue weighted by Crippen LogP contribution is -2.30. The maximum absolute atomic E-state index is 13.2. The SMILES string of the molecule is CC(=O)N1c2c(c(-c3ccccc3)c(-c3ccccc3)c3ccccc23)CC1c1ccccc1. The molecule has 2 heteroatoms. The summed E-state index contributed by atoms with van der Waals surface area (Å²) >= 11 is 0. The molecule has 1 aliphatic rings. The second kappa shape index (κ2) is 8.31. The zero-order valence-electron chi connectivity index (χ0n) is 19.1. The number of hydrogen-bond donors (Lipinski definition) is 0. The number of carbonyl (C=O) groups excluding carboxylic acids is 1. The van der Waals surface area contributed by atoms with Gasteiger partial charge in [0.1, 0.15) is 0 Å². The Morgan fingerprint density at radius 3 is 1.74 bits per heavy atom. The molecule has 6 rings (SSSR count). The van der Waals surface area contributed by atoms with E-state index in [0.717, 1.165) is 17.5 Å². The standard InChI is InChI=1S/C32H25NO/c1-22(34)33-29(23-13-5-2-6-14-23)21-28-31(25-17-9-4-10-18-25)30(24-15-7-3-8-16-24)26-19-11-12-20-27(26)32(28)33/h2-20,29H,21H2,1H3. The lowest BCUT2D eigenvalue weighted by atomic mass is 9.84. The molecule has 0 radical (unpaired) electrons. The van der Waals surface area contributed by atoms with Crippen molar-refractivity contribution in [2.24, 2.45) is 0 Å². The smallest absolute Gasteiger partial charge is 0.224 e. The second-order valence-corrected chi connectivity index (χ2v) is 8.87. The fraction of sp³-hybridized carbons (Fsp3) is 0.0938. The Kier molecular flexibility index (Phi) is 5.00. The van der Waals surface area contributed by atoms with Crippen molar-refractivity contribution in [2.45, 2.75) is 19.4 Å². The molecule has 1 atom stereocenters. The summed E-state index contributed by atoms with van der Waals surface area (Å²) in [5, 5.41) is 2.30. The lowest BCUT2D eigenvalue weighted by Gasteiger charge is -2.26. The van der Waals surface area contributed by atoms with E-state index in [1.807, 2.05) is 11.0 Å². The molecule has 1 heterocycles. The molecule has 0 bridgehead atoms. The molecule has 1 amide bonds. The quantitative estimate of drug-likeness (QED) is 0.281. The van der Waals surface area contributed by atoms with Gasteiger partial charge < -0.3 is 4.90 Å². The van der Waals surface area contributed by atoms with Crippen LogP contribution < -0.4 is 4.90 Å². The molecule has 0 saturated heterocycles. The van der Waals surface area contributed by atoms with E-state index in [1.54, 1.807) is 6.92 Å². The third kappa shape index (κ3) is 3.22. The van der Waals surface area contributed by atoms with E-state index in [4.69, 9.17) is 0 Å². The van der Waals surface area contributed by atoms with Gasteiger partial charge in [-0.05, 0) is 38.8 Å². The first-order chi connectivity index (χ1) is 16.7. The van der Waals surface area contributed by atoms with Crippen LogP contribution in [-0.4, -0.2) is 5.91 Å². The Morgan fingerprint density at radius 1 is 0.647 bits per heavy atom. The van der Waals surface area contributed by atoms with Crippen molar-refractivity contribution in [3.63, 3.8) is 0 Å². The highest BCUT2D eigenvalue weighted by atomic mass is 16.2. The van der Waals surface area contributed by atoms with Crippen molar-refractivity contribution in [3.8, 4) is 22.3 Å². The van der Waals surface area contributed by atoms with Crippen LogP contribution in [0.2, 0.25) is 0 Å². The molecule has 5 aromatic carbocycles. The van der Waals surface area contributed by atoms with Gasteiger partial charge in [0, 0.05) is 18.7 Å². The predicted octanol–water partition coefficient (Wildman–Crippen LogP) is 7.82. The van der Waals surface area contributed by atoms with Crippen molar-refractivity contribution < 1.29 is 4.79 Å². The van der Waals surface area contributed by atoms with E-state index in [-0.39, 0.29) is 11.9 Å². The van der Waals surface area contributed by atoms with E-state index in [1.165, 1.54) is 38.8 Å². The molecule has 5 aromatic rings. The number of amides is 1. The zero-order chi connectivity index (χ0) is 23.1. The van der Waals surface area contributed by atoms with Crippen LogP contribution in [0.15, 0.2) is 115 Å². The summed E-state index contributed by atoms with van der Waals surface area (Å²) in [6, 6.07) is 40.2. The van der Waals surface area contributed by atoms with Gasteiger partial charge in [-0.1, -0.05) is 115 Å². The summed E-state index contributed by atoms with van der Waals surface area (Å²) < 4.78 is 0. The van der Waals surface area contributed by atoms with Gasteiger partial charge in [-0.2, -0.15) is 0 Å². The third-order valence-electron chi connectivity index (χ3n) is 6.89. The molecule has 0 saturated carbocycles. The predicted molar refractivity (Wildman–Crippen MR) is 141 cm³/mol. The average Bonchev–Trinajstić information content (AvgIpc) is 3.30. The van der Waals surface area contributed by atoms with Crippen LogP contribution >= 0.6 is 0 Å². The summed E-state index contributed by atoms with van der Waals surface area (Å²) in [6.45, 7) is 1.69. The molecule has 1 unspecified atom stereocenters. The monoisotopic (exact) mass is 439 g/mol.